The number of nitrogens with zero attached hydrogens (tertiary/aromatic N) is 2. The molecule has 0 spiro atoms. The third-order valence-corrected chi connectivity index (χ3v) is 5.19. The summed E-state index contributed by atoms with van der Waals surface area (Å²) in [6, 6.07) is 7.79. The minimum absolute atomic E-state index is 0.0138. The number of carbonyl (C=O) groups excluding carboxylic acids is 2. The van der Waals surface area contributed by atoms with Gasteiger partial charge in [-0.05, 0) is 49.4 Å². The van der Waals surface area contributed by atoms with Crippen molar-refractivity contribution >= 4 is 17.5 Å². The topological polar surface area (TPSA) is 52.7 Å². The van der Waals surface area contributed by atoms with Gasteiger partial charge in [0.2, 0.25) is 11.8 Å². The van der Waals surface area contributed by atoms with E-state index in [0.717, 1.165) is 25.1 Å². The number of rotatable bonds is 4. The molecule has 2 amide bonds. The highest BCUT2D eigenvalue weighted by atomic mass is 16.2. The molecule has 5 nitrogen and oxygen atoms in total. The summed E-state index contributed by atoms with van der Waals surface area (Å²) in [4.78, 5) is 28.7. The fourth-order valence-electron chi connectivity index (χ4n) is 3.39. The first-order valence-electron chi connectivity index (χ1n) is 9.46. The van der Waals surface area contributed by atoms with Gasteiger partial charge in [-0.3, -0.25) is 14.5 Å². The third kappa shape index (κ3) is 5.07. The van der Waals surface area contributed by atoms with Crippen LogP contribution in [0, 0.1) is 5.92 Å². The molecule has 2 rings (SSSR count). The molecular weight excluding hydrogens is 326 g/mol. The number of anilines is 1. The molecule has 1 fully saturated rings. The van der Waals surface area contributed by atoms with Crippen molar-refractivity contribution in [1.82, 2.24) is 9.80 Å². The van der Waals surface area contributed by atoms with Crippen molar-refractivity contribution < 1.29 is 9.59 Å². The van der Waals surface area contributed by atoms with E-state index in [-0.39, 0.29) is 29.2 Å². The van der Waals surface area contributed by atoms with Crippen LogP contribution >= 0.6 is 0 Å². The maximum absolute atomic E-state index is 12.7. The monoisotopic (exact) mass is 359 g/mol. The number of nitrogens with one attached hydrogen (secondary N) is 1. The zero-order valence-electron chi connectivity index (χ0n) is 17.0. The number of hydrogen-bond acceptors (Lipinski definition) is 3. The lowest BCUT2D eigenvalue weighted by atomic mass is 9.87. The zero-order valence-corrected chi connectivity index (χ0v) is 17.0. The lowest BCUT2D eigenvalue weighted by Crippen LogP contribution is -2.49. The molecule has 1 aromatic carbocycles. The summed E-state index contributed by atoms with van der Waals surface area (Å²) in [6.07, 6.45) is 1.85. The van der Waals surface area contributed by atoms with Crippen LogP contribution in [-0.4, -0.2) is 54.8 Å². The highest BCUT2D eigenvalue weighted by Crippen LogP contribution is 2.24. The Kier molecular flexibility index (Phi) is 6.45. The van der Waals surface area contributed by atoms with Crippen LogP contribution in [0.4, 0.5) is 5.69 Å². The average Bonchev–Trinajstić information content (AvgIpc) is 2.60. The first kappa shape index (κ1) is 20.4. The fourth-order valence-corrected chi connectivity index (χ4v) is 3.39. The smallest absolute Gasteiger partial charge is 0.241 e. The van der Waals surface area contributed by atoms with Gasteiger partial charge >= 0.3 is 0 Å². The van der Waals surface area contributed by atoms with Gasteiger partial charge in [-0.2, -0.15) is 0 Å². The molecular formula is C21H33N3O2. The SMILES string of the molecule is CC(C(=O)Nc1ccc(C(C)(C)C)cc1)N1CCCC(C(=O)N(C)C)C1. The quantitative estimate of drug-likeness (QED) is 0.899. The summed E-state index contributed by atoms with van der Waals surface area (Å²) < 4.78 is 0. The van der Waals surface area contributed by atoms with Crippen molar-refractivity contribution in [2.75, 3.05) is 32.5 Å². The minimum atomic E-state index is -0.255. The molecule has 26 heavy (non-hydrogen) atoms. The van der Waals surface area contributed by atoms with Crippen molar-refractivity contribution in [3.63, 3.8) is 0 Å². The molecule has 0 aliphatic carbocycles. The van der Waals surface area contributed by atoms with E-state index in [9.17, 15) is 9.59 Å². The van der Waals surface area contributed by atoms with Crippen LogP contribution in [0.25, 0.3) is 0 Å². The second kappa shape index (κ2) is 8.21. The van der Waals surface area contributed by atoms with E-state index in [1.54, 1.807) is 19.0 Å². The van der Waals surface area contributed by atoms with Gasteiger partial charge in [-0.25, -0.2) is 0 Å². The molecule has 1 N–H and O–H groups in total. The first-order valence-corrected chi connectivity index (χ1v) is 9.46. The predicted molar refractivity (Wildman–Crippen MR) is 106 cm³/mol. The largest absolute Gasteiger partial charge is 0.349 e. The molecule has 1 heterocycles. The Bertz CT molecular complexity index is 632. The van der Waals surface area contributed by atoms with Crippen LogP contribution in [0.1, 0.15) is 46.1 Å². The Morgan fingerprint density at radius 3 is 2.35 bits per heavy atom. The van der Waals surface area contributed by atoms with Crippen molar-refractivity contribution in [1.29, 1.82) is 0 Å². The highest BCUT2D eigenvalue weighted by Gasteiger charge is 2.31. The first-order chi connectivity index (χ1) is 12.1. The molecule has 0 saturated carbocycles. The molecule has 2 atom stereocenters. The molecule has 1 aromatic rings. The van der Waals surface area contributed by atoms with Gasteiger partial charge in [0.25, 0.3) is 0 Å². The van der Waals surface area contributed by atoms with Crippen LogP contribution in [0.2, 0.25) is 0 Å². The van der Waals surface area contributed by atoms with Crippen molar-refractivity contribution in [2.45, 2.75) is 52.0 Å². The molecule has 1 aliphatic heterocycles. The molecule has 5 heteroatoms. The summed E-state index contributed by atoms with van der Waals surface area (Å²) in [5.74, 6) is 0.117. The van der Waals surface area contributed by atoms with Crippen LogP contribution in [-0.2, 0) is 15.0 Å². The number of benzene rings is 1. The summed E-state index contributed by atoms with van der Waals surface area (Å²) in [7, 11) is 3.58. The van der Waals surface area contributed by atoms with Gasteiger partial charge < -0.3 is 10.2 Å². The van der Waals surface area contributed by atoms with E-state index in [0.29, 0.717) is 6.54 Å². The maximum atomic E-state index is 12.7. The molecule has 1 aliphatic rings. The minimum Gasteiger partial charge on any atom is -0.349 e. The van der Waals surface area contributed by atoms with E-state index >= 15 is 0 Å². The molecule has 0 radical (unpaired) electrons. The molecule has 0 aromatic heterocycles. The van der Waals surface area contributed by atoms with E-state index in [1.165, 1.54) is 5.56 Å². The summed E-state index contributed by atoms with van der Waals surface area (Å²) >= 11 is 0. The van der Waals surface area contributed by atoms with Gasteiger partial charge in [0.15, 0.2) is 0 Å². The number of carbonyl (C=O) groups is 2. The van der Waals surface area contributed by atoms with Crippen LogP contribution < -0.4 is 5.32 Å². The number of hydrogen-bond donors (Lipinski definition) is 1. The van der Waals surface area contributed by atoms with Crippen LogP contribution in [0.15, 0.2) is 24.3 Å². The van der Waals surface area contributed by atoms with E-state index in [1.807, 2.05) is 19.1 Å². The van der Waals surface area contributed by atoms with Crippen LogP contribution in [0.3, 0.4) is 0 Å². The zero-order chi connectivity index (χ0) is 19.5. The fraction of sp³-hybridized carbons (Fsp3) is 0.619. The summed E-state index contributed by atoms with van der Waals surface area (Å²) in [5.41, 5.74) is 2.15. The van der Waals surface area contributed by atoms with Crippen molar-refractivity contribution in [2.24, 2.45) is 5.92 Å². The van der Waals surface area contributed by atoms with Crippen LogP contribution in [0.5, 0.6) is 0 Å². The normalized spacial score (nSPS) is 19.7. The Hall–Kier alpha value is -1.88. The summed E-state index contributed by atoms with van der Waals surface area (Å²) in [5, 5.41) is 3.01. The van der Waals surface area contributed by atoms with Gasteiger partial charge in [0, 0.05) is 26.3 Å². The molecule has 0 bridgehead atoms. The number of likely N-dealkylation sites (tertiary alicyclic amines) is 1. The molecule has 144 valence electrons. The Labute approximate surface area is 157 Å². The Balaban J connectivity index is 1.97. The average molecular weight is 360 g/mol. The summed E-state index contributed by atoms with van der Waals surface area (Å²) in [6.45, 7) is 9.93. The second-order valence-electron chi connectivity index (χ2n) is 8.56. The lowest BCUT2D eigenvalue weighted by Gasteiger charge is -2.36. The number of piperidine rings is 1. The van der Waals surface area contributed by atoms with E-state index in [2.05, 4.69) is 43.1 Å². The van der Waals surface area contributed by atoms with Gasteiger partial charge in [0.1, 0.15) is 0 Å². The molecule has 1 saturated heterocycles. The predicted octanol–water partition coefficient (Wildman–Crippen LogP) is 3.11. The number of amides is 2. The van der Waals surface area contributed by atoms with Crippen molar-refractivity contribution in [3.05, 3.63) is 29.8 Å². The maximum Gasteiger partial charge on any atom is 0.241 e. The van der Waals surface area contributed by atoms with Gasteiger partial charge in [-0.1, -0.05) is 32.9 Å². The van der Waals surface area contributed by atoms with Gasteiger partial charge in [-0.15, -0.1) is 0 Å². The van der Waals surface area contributed by atoms with E-state index < -0.39 is 0 Å². The Morgan fingerprint density at radius 1 is 1.19 bits per heavy atom. The standard InChI is InChI=1S/C21H33N3O2/c1-15(24-13-7-8-16(14-24)20(26)23(5)6)19(25)22-18-11-9-17(10-12-18)21(2,3)4/h9-12,15-16H,7-8,13-14H2,1-6H3,(H,22,25). The Morgan fingerprint density at radius 2 is 1.81 bits per heavy atom. The second-order valence-corrected chi connectivity index (χ2v) is 8.56. The molecule has 2 unspecified atom stereocenters. The van der Waals surface area contributed by atoms with E-state index in [4.69, 9.17) is 0 Å². The highest BCUT2D eigenvalue weighted by molar-refractivity contribution is 5.94. The lowest BCUT2D eigenvalue weighted by molar-refractivity contribution is -0.136. The van der Waals surface area contributed by atoms with Gasteiger partial charge in [0.05, 0.1) is 12.0 Å². The third-order valence-electron chi connectivity index (χ3n) is 5.19. The van der Waals surface area contributed by atoms with Crippen molar-refractivity contribution in [3.8, 4) is 0 Å².